The molecule has 0 bridgehead atoms. The number of pyridine rings is 1. The Morgan fingerprint density at radius 3 is 2.84 bits per heavy atom. The van der Waals surface area contributed by atoms with Crippen molar-refractivity contribution in [3.05, 3.63) is 63.1 Å². The molecule has 0 saturated carbocycles. The van der Waals surface area contributed by atoms with Crippen molar-refractivity contribution in [2.75, 3.05) is 7.05 Å². The largest absolute Gasteiger partial charge is 0.311 e. The minimum absolute atomic E-state index is 0.0390. The summed E-state index contributed by atoms with van der Waals surface area (Å²) < 4.78 is 14.1. The number of nitrogens with one attached hydrogen (secondary N) is 1. The van der Waals surface area contributed by atoms with Gasteiger partial charge < -0.3 is 5.32 Å². The van der Waals surface area contributed by atoms with Crippen LogP contribution in [0.3, 0.4) is 0 Å². The molecule has 2 aromatic rings. The van der Waals surface area contributed by atoms with Crippen molar-refractivity contribution >= 4 is 27.5 Å². The van der Waals surface area contributed by atoms with Gasteiger partial charge in [0.05, 0.1) is 16.8 Å². The summed E-state index contributed by atoms with van der Waals surface area (Å²) in [5.41, 5.74) is 1.88. The Bertz CT molecular complexity index is 577. The second kappa shape index (κ2) is 6.46. The number of halogens is 3. The normalized spacial score (nSPS) is 12.4. The lowest BCUT2D eigenvalue weighted by atomic mass is 10.0. The van der Waals surface area contributed by atoms with Crippen LogP contribution in [-0.2, 0) is 6.42 Å². The number of rotatable bonds is 4. The topological polar surface area (TPSA) is 24.9 Å². The summed E-state index contributed by atoms with van der Waals surface area (Å²) in [6, 6.07) is 8.63. The van der Waals surface area contributed by atoms with Crippen LogP contribution in [0.1, 0.15) is 17.3 Å². The van der Waals surface area contributed by atoms with E-state index in [2.05, 4.69) is 26.2 Å². The third kappa shape index (κ3) is 3.53. The van der Waals surface area contributed by atoms with Crippen LogP contribution >= 0.6 is 27.5 Å². The summed E-state index contributed by atoms with van der Waals surface area (Å²) in [6.45, 7) is 0. The quantitative estimate of drug-likeness (QED) is 0.902. The predicted molar refractivity (Wildman–Crippen MR) is 78.9 cm³/mol. The molecule has 0 saturated heterocycles. The van der Waals surface area contributed by atoms with E-state index in [1.807, 2.05) is 19.2 Å². The lowest BCUT2D eigenvalue weighted by Gasteiger charge is -2.17. The van der Waals surface area contributed by atoms with Gasteiger partial charge in [0.15, 0.2) is 0 Å². The van der Waals surface area contributed by atoms with Gasteiger partial charge in [-0.1, -0.05) is 17.7 Å². The van der Waals surface area contributed by atoms with Gasteiger partial charge in [-0.3, -0.25) is 4.98 Å². The van der Waals surface area contributed by atoms with E-state index < -0.39 is 5.82 Å². The van der Waals surface area contributed by atoms with Crippen LogP contribution in [0.5, 0.6) is 0 Å². The zero-order chi connectivity index (χ0) is 13.8. The van der Waals surface area contributed by atoms with Crippen LogP contribution in [0.15, 0.2) is 41.0 Å². The average molecular weight is 344 g/mol. The Balaban J connectivity index is 2.24. The average Bonchev–Trinajstić information content (AvgIpc) is 2.41. The first-order valence-corrected chi connectivity index (χ1v) is 7.00. The molecule has 0 fully saturated rings. The van der Waals surface area contributed by atoms with Crippen molar-refractivity contribution in [3.63, 3.8) is 0 Å². The molecule has 0 spiro atoms. The molecule has 100 valence electrons. The van der Waals surface area contributed by atoms with Gasteiger partial charge in [0.2, 0.25) is 0 Å². The highest BCUT2D eigenvalue weighted by Gasteiger charge is 2.15. The second-order valence-electron chi connectivity index (χ2n) is 4.16. The molecule has 0 aliphatic carbocycles. The highest BCUT2D eigenvalue weighted by Crippen LogP contribution is 2.25. The van der Waals surface area contributed by atoms with Gasteiger partial charge in [-0.2, -0.15) is 0 Å². The molecule has 0 aliphatic heterocycles. The van der Waals surface area contributed by atoms with Gasteiger partial charge >= 0.3 is 0 Å². The van der Waals surface area contributed by atoms with Gasteiger partial charge in [-0.25, -0.2) is 4.39 Å². The molecule has 2 rings (SSSR count). The van der Waals surface area contributed by atoms with E-state index in [9.17, 15) is 4.39 Å². The predicted octanol–water partition coefficient (Wildman–Crippen LogP) is 4.14. The zero-order valence-corrected chi connectivity index (χ0v) is 12.7. The van der Waals surface area contributed by atoms with E-state index in [0.717, 1.165) is 15.7 Å². The molecule has 1 N–H and O–H groups in total. The first-order chi connectivity index (χ1) is 9.11. The van der Waals surface area contributed by atoms with Crippen molar-refractivity contribution < 1.29 is 4.39 Å². The fourth-order valence-corrected chi connectivity index (χ4v) is 2.63. The smallest absolute Gasteiger partial charge is 0.141 e. The molecule has 1 heterocycles. The Morgan fingerprint density at radius 1 is 1.42 bits per heavy atom. The molecule has 0 radical (unpaired) electrons. The fraction of sp³-hybridized carbons (Fsp3) is 0.214. The molecule has 1 unspecified atom stereocenters. The van der Waals surface area contributed by atoms with Crippen molar-refractivity contribution in [3.8, 4) is 0 Å². The highest BCUT2D eigenvalue weighted by molar-refractivity contribution is 9.10. The maximum Gasteiger partial charge on any atom is 0.141 e. The maximum atomic E-state index is 13.1. The van der Waals surface area contributed by atoms with Crippen LogP contribution in [0, 0.1) is 5.82 Å². The molecule has 1 aromatic heterocycles. The first-order valence-electron chi connectivity index (χ1n) is 5.83. The monoisotopic (exact) mass is 342 g/mol. The number of benzene rings is 1. The van der Waals surface area contributed by atoms with Crippen LogP contribution in [-0.4, -0.2) is 12.0 Å². The zero-order valence-electron chi connectivity index (χ0n) is 10.3. The third-order valence-electron chi connectivity index (χ3n) is 2.89. The standard InChI is InChI=1S/C14H13BrClFN2/c1-18-13(14-10(15)3-2-6-19-14)8-9-4-5-12(17)11(16)7-9/h2-7,13,18H,8H2,1H3. The van der Waals surface area contributed by atoms with E-state index in [-0.39, 0.29) is 11.1 Å². The number of hydrogen-bond donors (Lipinski definition) is 1. The van der Waals surface area contributed by atoms with Gasteiger partial charge in [-0.15, -0.1) is 0 Å². The fourth-order valence-electron chi connectivity index (χ4n) is 1.89. The lowest BCUT2D eigenvalue weighted by molar-refractivity contribution is 0.571. The molecule has 1 atom stereocenters. The Hall–Kier alpha value is -0.970. The van der Waals surface area contributed by atoms with E-state index >= 15 is 0 Å². The molecule has 19 heavy (non-hydrogen) atoms. The molecule has 0 amide bonds. The minimum atomic E-state index is -0.398. The number of aromatic nitrogens is 1. The SMILES string of the molecule is CNC(Cc1ccc(F)c(Cl)c1)c1ncccc1Br. The highest BCUT2D eigenvalue weighted by atomic mass is 79.9. The molecule has 1 aromatic carbocycles. The van der Waals surface area contributed by atoms with E-state index in [1.165, 1.54) is 6.07 Å². The second-order valence-corrected chi connectivity index (χ2v) is 5.43. The summed E-state index contributed by atoms with van der Waals surface area (Å²) in [5.74, 6) is -0.398. The minimum Gasteiger partial charge on any atom is -0.311 e. The Labute approximate surface area is 125 Å². The summed E-state index contributed by atoms with van der Waals surface area (Å²) in [6.07, 6.45) is 2.44. The lowest BCUT2D eigenvalue weighted by Crippen LogP contribution is -2.20. The molecule has 0 aliphatic rings. The van der Waals surface area contributed by atoms with E-state index in [4.69, 9.17) is 11.6 Å². The Morgan fingerprint density at radius 2 is 2.21 bits per heavy atom. The van der Waals surface area contributed by atoms with Crippen LogP contribution < -0.4 is 5.32 Å². The van der Waals surface area contributed by atoms with Gasteiger partial charge in [0, 0.05) is 10.7 Å². The summed E-state index contributed by atoms with van der Waals surface area (Å²) in [4.78, 5) is 4.37. The summed E-state index contributed by atoms with van der Waals surface area (Å²) in [7, 11) is 1.87. The third-order valence-corrected chi connectivity index (χ3v) is 3.85. The van der Waals surface area contributed by atoms with Crippen molar-refractivity contribution in [1.82, 2.24) is 10.3 Å². The van der Waals surface area contributed by atoms with E-state index in [0.29, 0.717) is 6.42 Å². The summed E-state index contributed by atoms with van der Waals surface area (Å²) >= 11 is 9.29. The molecule has 5 heteroatoms. The van der Waals surface area contributed by atoms with Crippen LogP contribution in [0.25, 0.3) is 0 Å². The number of nitrogens with zero attached hydrogens (tertiary/aromatic N) is 1. The van der Waals surface area contributed by atoms with Crippen molar-refractivity contribution in [1.29, 1.82) is 0 Å². The molecule has 2 nitrogen and oxygen atoms in total. The van der Waals surface area contributed by atoms with Crippen molar-refractivity contribution in [2.45, 2.75) is 12.5 Å². The molecular weight excluding hydrogens is 331 g/mol. The summed E-state index contributed by atoms with van der Waals surface area (Å²) in [5, 5.41) is 3.36. The molecular formula is C14H13BrClFN2. The van der Waals surface area contributed by atoms with Gasteiger partial charge in [-0.05, 0) is 59.2 Å². The number of likely N-dealkylation sites (N-methyl/N-ethyl adjacent to an activating group) is 1. The van der Waals surface area contributed by atoms with Gasteiger partial charge in [0.25, 0.3) is 0 Å². The van der Waals surface area contributed by atoms with Crippen LogP contribution in [0.4, 0.5) is 4.39 Å². The van der Waals surface area contributed by atoms with Crippen molar-refractivity contribution in [2.24, 2.45) is 0 Å². The van der Waals surface area contributed by atoms with Gasteiger partial charge in [0.1, 0.15) is 5.82 Å². The number of hydrogen-bond acceptors (Lipinski definition) is 2. The first kappa shape index (κ1) is 14.4. The maximum absolute atomic E-state index is 13.1. The van der Waals surface area contributed by atoms with Crippen LogP contribution in [0.2, 0.25) is 5.02 Å². The van der Waals surface area contributed by atoms with E-state index in [1.54, 1.807) is 18.3 Å². The Kier molecular flexibility index (Phi) is 4.91.